The minimum absolute atomic E-state index is 0.00709. The van der Waals surface area contributed by atoms with E-state index in [1.165, 1.54) is 29.2 Å². The van der Waals surface area contributed by atoms with Crippen LogP contribution in [0.25, 0.3) is 0 Å². The lowest BCUT2D eigenvalue weighted by Gasteiger charge is -2.32. The Bertz CT molecular complexity index is 1410. The molecule has 214 valence electrons. The molecule has 0 saturated heterocycles. The topological polar surface area (TPSA) is 96.0 Å². The standard InChI is InChI=1S/C30H36ClN3O5S/c1-21(2)18-32-30(36)23(4)33(19-24-7-6-8-27(17-24)39-5)29(35)20-34(26-13-9-22(3)10-14-26)40(37,38)28-15-11-25(31)12-16-28/h6-17,21,23H,18-20H2,1-5H3,(H,32,36)/t23-/m1/s1. The van der Waals surface area contributed by atoms with Crippen molar-refractivity contribution in [1.29, 1.82) is 0 Å². The zero-order chi connectivity index (χ0) is 29.4. The van der Waals surface area contributed by atoms with Gasteiger partial charge in [0.05, 0.1) is 17.7 Å². The highest BCUT2D eigenvalue weighted by Crippen LogP contribution is 2.26. The van der Waals surface area contributed by atoms with Gasteiger partial charge in [-0.15, -0.1) is 0 Å². The fourth-order valence-corrected chi connectivity index (χ4v) is 5.52. The van der Waals surface area contributed by atoms with Crippen LogP contribution in [0.5, 0.6) is 5.75 Å². The van der Waals surface area contributed by atoms with Crippen molar-refractivity contribution in [1.82, 2.24) is 10.2 Å². The average Bonchev–Trinajstić information content (AvgIpc) is 2.93. The number of sulfonamides is 1. The van der Waals surface area contributed by atoms with E-state index in [4.69, 9.17) is 16.3 Å². The number of aryl methyl sites for hydroxylation is 1. The lowest BCUT2D eigenvalue weighted by Crippen LogP contribution is -2.51. The molecule has 0 fully saturated rings. The van der Waals surface area contributed by atoms with E-state index in [1.54, 1.807) is 56.5 Å². The highest BCUT2D eigenvalue weighted by molar-refractivity contribution is 7.92. The van der Waals surface area contributed by atoms with Gasteiger partial charge in [-0.3, -0.25) is 13.9 Å². The molecule has 0 aliphatic carbocycles. The van der Waals surface area contributed by atoms with Crippen LogP contribution in [0.1, 0.15) is 31.9 Å². The van der Waals surface area contributed by atoms with Crippen molar-refractivity contribution in [3.63, 3.8) is 0 Å². The van der Waals surface area contributed by atoms with Gasteiger partial charge in [-0.25, -0.2) is 8.42 Å². The van der Waals surface area contributed by atoms with Crippen molar-refractivity contribution in [3.8, 4) is 5.75 Å². The quantitative estimate of drug-likeness (QED) is 0.321. The summed E-state index contributed by atoms with van der Waals surface area (Å²) in [5.41, 5.74) is 2.00. The maximum atomic E-state index is 14.0. The predicted molar refractivity (Wildman–Crippen MR) is 158 cm³/mol. The molecule has 10 heteroatoms. The van der Waals surface area contributed by atoms with Gasteiger partial charge in [-0.05, 0) is 73.9 Å². The van der Waals surface area contributed by atoms with Gasteiger partial charge in [0.2, 0.25) is 11.8 Å². The first kappa shape index (κ1) is 31.0. The van der Waals surface area contributed by atoms with Gasteiger partial charge in [0.25, 0.3) is 10.0 Å². The molecule has 0 aromatic heterocycles. The fourth-order valence-electron chi connectivity index (χ4n) is 3.98. The third-order valence-electron chi connectivity index (χ3n) is 6.34. The summed E-state index contributed by atoms with van der Waals surface area (Å²) in [5, 5.41) is 3.27. The number of hydrogen-bond donors (Lipinski definition) is 1. The summed E-state index contributed by atoms with van der Waals surface area (Å²) >= 11 is 5.99. The van der Waals surface area contributed by atoms with Gasteiger partial charge in [0.15, 0.2) is 0 Å². The summed E-state index contributed by atoms with van der Waals surface area (Å²) in [6.07, 6.45) is 0. The van der Waals surface area contributed by atoms with Gasteiger partial charge in [0, 0.05) is 18.1 Å². The molecule has 3 aromatic carbocycles. The van der Waals surface area contributed by atoms with Crippen LogP contribution in [0.4, 0.5) is 5.69 Å². The first-order valence-electron chi connectivity index (χ1n) is 13.0. The SMILES string of the molecule is COc1cccc(CN(C(=O)CN(c2ccc(C)cc2)S(=O)(=O)c2ccc(Cl)cc2)[C@H](C)C(=O)NCC(C)C)c1. The van der Waals surface area contributed by atoms with Crippen LogP contribution in [0.3, 0.4) is 0 Å². The number of nitrogens with one attached hydrogen (secondary N) is 1. The van der Waals surface area contributed by atoms with Crippen molar-refractivity contribution in [3.05, 3.63) is 88.9 Å². The molecule has 8 nitrogen and oxygen atoms in total. The molecule has 0 heterocycles. The van der Waals surface area contributed by atoms with Crippen molar-refractivity contribution < 1.29 is 22.7 Å². The van der Waals surface area contributed by atoms with E-state index in [-0.39, 0.29) is 23.3 Å². The molecule has 0 bridgehead atoms. The third kappa shape index (κ3) is 7.99. The monoisotopic (exact) mass is 585 g/mol. The molecule has 1 N–H and O–H groups in total. The first-order valence-corrected chi connectivity index (χ1v) is 14.8. The number of carbonyl (C=O) groups excluding carboxylic acids is 2. The van der Waals surface area contributed by atoms with Gasteiger partial charge >= 0.3 is 0 Å². The van der Waals surface area contributed by atoms with E-state index in [2.05, 4.69) is 5.32 Å². The second kappa shape index (κ2) is 13.7. The summed E-state index contributed by atoms with van der Waals surface area (Å²) in [6, 6.07) is 19.0. The van der Waals surface area contributed by atoms with Crippen LogP contribution < -0.4 is 14.4 Å². The van der Waals surface area contributed by atoms with Crippen LogP contribution >= 0.6 is 11.6 Å². The number of carbonyl (C=O) groups is 2. The molecule has 2 amide bonds. The third-order valence-corrected chi connectivity index (χ3v) is 8.38. The van der Waals surface area contributed by atoms with Gasteiger partial charge in [0.1, 0.15) is 18.3 Å². The lowest BCUT2D eigenvalue weighted by atomic mass is 10.1. The minimum Gasteiger partial charge on any atom is -0.497 e. The van der Waals surface area contributed by atoms with Crippen molar-refractivity contribution >= 4 is 39.1 Å². The van der Waals surface area contributed by atoms with Crippen LogP contribution in [0.2, 0.25) is 5.02 Å². The molecule has 0 aliphatic heterocycles. The Hall–Kier alpha value is -3.56. The molecule has 40 heavy (non-hydrogen) atoms. The Labute approximate surface area is 241 Å². The van der Waals surface area contributed by atoms with E-state index < -0.39 is 28.5 Å². The molecule has 3 rings (SSSR count). The van der Waals surface area contributed by atoms with Crippen LogP contribution in [0.15, 0.2) is 77.7 Å². The normalized spacial score (nSPS) is 12.1. The number of methoxy groups -OCH3 is 1. The van der Waals surface area contributed by atoms with Gasteiger partial charge in [-0.1, -0.05) is 55.3 Å². The van der Waals surface area contributed by atoms with Crippen LogP contribution in [-0.2, 0) is 26.2 Å². The molecule has 3 aromatic rings. The number of ether oxygens (including phenoxy) is 1. The Balaban J connectivity index is 2.01. The number of amides is 2. The Morgan fingerprint density at radius 2 is 1.62 bits per heavy atom. The van der Waals surface area contributed by atoms with E-state index >= 15 is 0 Å². The summed E-state index contributed by atoms with van der Waals surface area (Å²) in [6.45, 7) is 7.49. The van der Waals surface area contributed by atoms with E-state index in [1.807, 2.05) is 26.8 Å². The number of benzene rings is 3. The minimum atomic E-state index is -4.16. The molecule has 0 unspecified atom stereocenters. The Morgan fingerprint density at radius 3 is 2.23 bits per heavy atom. The average molecular weight is 586 g/mol. The molecule has 0 saturated carbocycles. The summed E-state index contributed by atoms with van der Waals surface area (Å²) in [5.74, 6) is -0.0332. The molecular formula is C30H36ClN3O5S. The smallest absolute Gasteiger partial charge is 0.264 e. The Morgan fingerprint density at radius 1 is 0.975 bits per heavy atom. The second-order valence-electron chi connectivity index (χ2n) is 9.99. The van der Waals surface area contributed by atoms with Crippen molar-refractivity contribution in [2.45, 2.75) is 45.2 Å². The maximum absolute atomic E-state index is 14.0. The molecular weight excluding hydrogens is 550 g/mol. The number of hydrogen-bond acceptors (Lipinski definition) is 5. The van der Waals surface area contributed by atoms with Gasteiger partial charge < -0.3 is 15.0 Å². The van der Waals surface area contributed by atoms with Crippen LogP contribution in [0, 0.1) is 12.8 Å². The van der Waals surface area contributed by atoms with Gasteiger partial charge in [-0.2, -0.15) is 0 Å². The second-order valence-corrected chi connectivity index (χ2v) is 12.3. The lowest BCUT2D eigenvalue weighted by molar-refractivity contribution is -0.139. The van der Waals surface area contributed by atoms with E-state index in [0.717, 1.165) is 15.4 Å². The zero-order valence-electron chi connectivity index (χ0n) is 23.4. The van der Waals surface area contributed by atoms with E-state index in [0.29, 0.717) is 23.0 Å². The fraction of sp³-hybridized carbons (Fsp3) is 0.333. The number of anilines is 1. The highest BCUT2D eigenvalue weighted by Gasteiger charge is 2.32. The predicted octanol–water partition coefficient (Wildman–Crippen LogP) is 5.04. The first-order chi connectivity index (χ1) is 18.9. The summed E-state index contributed by atoms with van der Waals surface area (Å²) in [4.78, 5) is 28.4. The molecule has 0 spiro atoms. The number of halogens is 1. The number of rotatable bonds is 12. The number of nitrogens with zero attached hydrogens (tertiary/aromatic N) is 2. The summed E-state index contributed by atoms with van der Waals surface area (Å²) < 4.78 is 34.0. The van der Waals surface area contributed by atoms with E-state index in [9.17, 15) is 18.0 Å². The molecule has 0 aliphatic rings. The van der Waals surface area contributed by atoms with Crippen molar-refractivity contribution in [2.24, 2.45) is 5.92 Å². The van der Waals surface area contributed by atoms with Crippen LogP contribution in [-0.4, -0.2) is 51.4 Å². The van der Waals surface area contributed by atoms with Crippen molar-refractivity contribution in [2.75, 3.05) is 24.5 Å². The summed E-state index contributed by atoms with van der Waals surface area (Å²) in [7, 11) is -2.61. The Kier molecular flexibility index (Phi) is 10.6. The highest BCUT2D eigenvalue weighted by atomic mass is 35.5. The maximum Gasteiger partial charge on any atom is 0.264 e. The molecule has 0 radical (unpaired) electrons. The zero-order valence-corrected chi connectivity index (χ0v) is 25.0. The molecule has 1 atom stereocenters. The largest absolute Gasteiger partial charge is 0.497 e.